The van der Waals surface area contributed by atoms with Crippen LogP contribution in [0.2, 0.25) is 0 Å². The van der Waals surface area contributed by atoms with E-state index in [0.29, 0.717) is 11.6 Å². The van der Waals surface area contributed by atoms with Crippen LogP contribution in [0.3, 0.4) is 0 Å². The van der Waals surface area contributed by atoms with E-state index in [2.05, 4.69) is 22.2 Å². The van der Waals surface area contributed by atoms with E-state index in [0.717, 1.165) is 24.0 Å². The van der Waals surface area contributed by atoms with Crippen LogP contribution in [0.25, 0.3) is 10.9 Å². The van der Waals surface area contributed by atoms with Crippen LogP contribution in [-0.4, -0.2) is 42.5 Å². The average Bonchev–Trinajstić information content (AvgIpc) is 2.89. The van der Waals surface area contributed by atoms with Gasteiger partial charge < -0.3 is 15.2 Å². The lowest BCUT2D eigenvalue weighted by Crippen LogP contribution is -2.39. The third-order valence-electron chi connectivity index (χ3n) is 4.05. The molecule has 1 amide bonds. The summed E-state index contributed by atoms with van der Waals surface area (Å²) in [6.07, 6.45) is 2.43. The van der Waals surface area contributed by atoms with Crippen molar-refractivity contribution in [1.29, 1.82) is 0 Å². The van der Waals surface area contributed by atoms with Gasteiger partial charge >= 0.3 is 0 Å². The number of para-hydroxylation sites is 1. The molecule has 2 N–H and O–H groups in total. The van der Waals surface area contributed by atoms with Gasteiger partial charge in [0, 0.05) is 24.0 Å². The molecular weight excluding hydrogens is 250 g/mol. The Hall–Kier alpha value is -1.81. The number of H-pyrrole nitrogens is 1. The molecule has 4 nitrogen and oxygen atoms in total. The Kier molecular flexibility index (Phi) is 3.74. The zero-order valence-electron chi connectivity index (χ0n) is 11.9. The average molecular weight is 271 g/mol. The number of hydrogen-bond acceptors (Lipinski definition) is 2. The number of nitrogens with one attached hydrogen (secondary N) is 2. The van der Waals surface area contributed by atoms with Gasteiger partial charge in [-0.15, -0.1) is 0 Å². The first kappa shape index (κ1) is 13.2. The zero-order valence-corrected chi connectivity index (χ0v) is 11.9. The smallest absolute Gasteiger partial charge is 0.267 e. The molecule has 1 fully saturated rings. The normalized spacial score (nSPS) is 20.1. The molecule has 3 rings (SSSR count). The fourth-order valence-electron chi connectivity index (χ4n) is 2.97. The van der Waals surface area contributed by atoms with E-state index in [1.807, 2.05) is 30.3 Å². The minimum absolute atomic E-state index is 0.00516. The van der Waals surface area contributed by atoms with Gasteiger partial charge in [-0.3, -0.25) is 4.79 Å². The maximum absolute atomic E-state index is 12.2. The van der Waals surface area contributed by atoms with Crippen molar-refractivity contribution in [2.75, 3.05) is 26.7 Å². The summed E-state index contributed by atoms with van der Waals surface area (Å²) < 4.78 is 0. The monoisotopic (exact) mass is 271 g/mol. The van der Waals surface area contributed by atoms with Crippen molar-refractivity contribution >= 4 is 16.8 Å². The number of aromatic amines is 1. The number of rotatable bonds is 3. The number of aromatic nitrogens is 1. The van der Waals surface area contributed by atoms with Crippen LogP contribution in [0, 0.1) is 5.92 Å². The fraction of sp³-hybridized carbons (Fsp3) is 0.438. The number of piperidine rings is 1. The van der Waals surface area contributed by atoms with Gasteiger partial charge in [-0.25, -0.2) is 0 Å². The number of hydrogen-bond donors (Lipinski definition) is 2. The van der Waals surface area contributed by atoms with Gasteiger partial charge in [0.1, 0.15) is 5.69 Å². The van der Waals surface area contributed by atoms with E-state index in [4.69, 9.17) is 0 Å². The van der Waals surface area contributed by atoms with Crippen molar-refractivity contribution in [1.82, 2.24) is 15.2 Å². The second-order valence-corrected chi connectivity index (χ2v) is 5.75. The number of nitrogens with zero attached hydrogens (tertiary/aromatic N) is 1. The van der Waals surface area contributed by atoms with Gasteiger partial charge in [0.15, 0.2) is 0 Å². The van der Waals surface area contributed by atoms with Crippen LogP contribution >= 0.6 is 0 Å². The van der Waals surface area contributed by atoms with Crippen LogP contribution in [0.4, 0.5) is 0 Å². The SMILES string of the molecule is CN1CCCC(CNC(=O)c2cc3ccccc3[nH]2)C1. The first-order chi connectivity index (χ1) is 9.72. The highest BCUT2D eigenvalue weighted by Gasteiger charge is 2.18. The number of likely N-dealkylation sites (tertiary alicyclic amines) is 1. The maximum Gasteiger partial charge on any atom is 0.267 e. The molecule has 1 aromatic carbocycles. The first-order valence-corrected chi connectivity index (χ1v) is 7.27. The van der Waals surface area contributed by atoms with Crippen LogP contribution in [0.1, 0.15) is 23.3 Å². The van der Waals surface area contributed by atoms with Crippen molar-refractivity contribution in [3.63, 3.8) is 0 Å². The Morgan fingerprint density at radius 1 is 1.45 bits per heavy atom. The lowest BCUT2D eigenvalue weighted by Gasteiger charge is -2.29. The van der Waals surface area contributed by atoms with Gasteiger partial charge in [-0.1, -0.05) is 18.2 Å². The molecule has 106 valence electrons. The molecule has 1 atom stereocenters. The number of benzene rings is 1. The number of carbonyl (C=O) groups excluding carboxylic acids is 1. The van der Waals surface area contributed by atoms with Crippen molar-refractivity contribution in [2.24, 2.45) is 5.92 Å². The lowest BCUT2D eigenvalue weighted by atomic mass is 9.98. The van der Waals surface area contributed by atoms with E-state index in [-0.39, 0.29) is 5.91 Å². The first-order valence-electron chi connectivity index (χ1n) is 7.27. The molecule has 0 radical (unpaired) electrons. The third kappa shape index (κ3) is 2.85. The highest BCUT2D eigenvalue weighted by Crippen LogP contribution is 2.16. The molecule has 4 heteroatoms. The molecule has 20 heavy (non-hydrogen) atoms. The molecule has 0 bridgehead atoms. The second-order valence-electron chi connectivity index (χ2n) is 5.75. The summed E-state index contributed by atoms with van der Waals surface area (Å²) in [7, 11) is 2.14. The summed E-state index contributed by atoms with van der Waals surface area (Å²) in [4.78, 5) is 17.7. The molecule has 0 spiro atoms. The molecule has 1 saturated heterocycles. The van der Waals surface area contributed by atoms with Gasteiger partial charge in [0.2, 0.25) is 0 Å². The topological polar surface area (TPSA) is 48.1 Å². The van der Waals surface area contributed by atoms with E-state index in [1.165, 1.54) is 19.4 Å². The fourth-order valence-corrected chi connectivity index (χ4v) is 2.97. The minimum atomic E-state index is -0.00516. The summed E-state index contributed by atoms with van der Waals surface area (Å²) in [6.45, 7) is 3.01. The Morgan fingerprint density at radius 3 is 3.10 bits per heavy atom. The van der Waals surface area contributed by atoms with E-state index in [1.54, 1.807) is 0 Å². The number of carbonyl (C=O) groups is 1. The maximum atomic E-state index is 12.2. The summed E-state index contributed by atoms with van der Waals surface area (Å²) in [6, 6.07) is 9.87. The third-order valence-corrected chi connectivity index (χ3v) is 4.05. The van der Waals surface area contributed by atoms with Gasteiger partial charge in [0.25, 0.3) is 5.91 Å². The minimum Gasteiger partial charge on any atom is -0.351 e. The largest absolute Gasteiger partial charge is 0.351 e. The number of fused-ring (bicyclic) bond motifs is 1. The van der Waals surface area contributed by atoms with E-state index in [9.17, 15) is 4.79 Å². The molecule has 1 aliphatic heterocycles. The van der Waals surface area contributed by atoms with Crippen LogP contribution < -0.4 is 5.32 Å². The molecule has 2 heterocycles. The van der Waals surface area contributed by atoms with Gasteiger partial charge in [-0.05, 0) is 44.5 Å². The molecule has 0 saturated carbocycles. The predicted octanol–water partition coefficient (Wildman–Crippen LogP) is 2.24. The molecule has 1 aliphatic rings. The van der Waals surface area contributed by atoms with Crippen LogP contribution in [0.5, 0.6) is 0 Å². The van der Waals surface area contributed by atoms with Gasteiger partial charge in [0.05, 0.1) is 0 Å². The number of amides is 1. The Morgan fingerprint density at radius 2 is 2.30 bits per heavy atom. The Balaban J connectivity index is 1.61. The molecule has 1 aromatic heterocycles. The lowest BCUT2D eigenvalue weighted by molar-refractivity contribution is 0.0932. The quantitative estimate of drug-likeness (QED) is 0.899. The van der Waals surface area contributed by atoms with Crippen molar-refractivity contribution in [3.8, 4) is 0 Å². The van der Waals surface area contributed by atoms with Crippen molar-refractivity contribution < 1.29 is 4.79 Å². The molecule has 0 aliphatic carbocycles. The predicted molar refractivity (Wildman–Crippen MR) is 80.9 cm³/mol. The van der Waals surface area contributed by atoms with Crippen LogP contribution in [0.15, 0.2) is 30.3 Å². The molecule has 2 aromatic rings. The standard InChI is InChI=1S/C16H21N3O/c1-19-8-4-5-12(11-19)10-17-16(20)15-9-13-6-2-3-7-14(13)18-15/h2-3,6-7,9,12,18H,4-5,8,10-11H2,1H3,(H,17,20). The summed E-state index contributed by atoms with van der Waals surface area (Å²) >= 11 is 0. The van der Waals surface area contributed by atoms with Crippen molar-refractivity contribution in [2.45, 2.75) is 12.8 Å². The Bertz CT molecular complexity index is 572. The van der Waals surface area contributed by atoms with E-state index < -0.39 is 0 Å². The van der Waals surface area contributed by atoms with Crippen molar-refractivity contribution in [3.05, 3.63) is 36.0 Å². The zero-order chi connectivity index (χ0) is 13.9. The summed E-state index contributed by atoms with van der Waals surface area (Å²) in [5.41, 5.74) is 1.66. The summed E-state index contributed by atoms with van der Waals surface area (Å²) in [5, 5.41) is 4.13. The van der Waals surface area contributed by atoms with Crippen LogP contribution in [-0.2, 0) is 0 Å². The van der Waals surface area contributed by atoms with Gasteiger partial charge in [-0.2, -0.15) is 0 Å². The van der Waals surface area contributed by atoms with E-state index >= 15 is 0 Å². The summed E-state index contributed by atoms with van der Waals surface area (Å²) in [5.74, 6) is 0.566. The molecule has 1 unspecified atom stereocenters. The Labute approximate surface area is 119 Å². The molecular formula is C16H21N3O. The highest BCUT2D eigenvalue weighted by atomic mass is 16.1. The highest BCUT2D eigenvalue weighted by molar-refractivity contribution is 5.97. The second kappa shape index (κ2) is 5.67.